The molecule has 1 aliphatic heterocycles. The molecule has 0 aliphatic carbocycles. The van der Waals surface area contributed by atoms with E-state index in [0.29, 0.717) is 5.76 Å². The van der Waals surface area contributed by atoms with E-state index in [9.17, 15) is 4.79 Å². The molecule has 0 spiro atoms. The van der Waals surface area contributed by atoms with Gasteiger partial charge >= 0.3 is 0 Å². The van der Waals surface area contributed by atoms with Gasteiger partial charge in [-0.1, -0.05) is 18.2 Å². The zero-order chi connectivity index (χ0) is 16.1. The van der Waals surface area contributed by atoms with Crippen molar-refractivity contribution < 1.29 is 13.9 Å². The molecule has 0 bridgehead atoms. The number of furan rings is 1. The van der Waals surface area contributed by atoms with Crippen LogP contribution in [0.4, 0.5) is 0 Å². The minimum atomic E-state index is 0.0406. The molecule has 4 heteroatoms. The van der Waals surface area contributed by atoms with E-state index in [1.807, 2.05) is 35.2 Å². The zero-order valence-corrected chi connectivity index (χ0v) is 13.3. The molecule has 0 radical (unpaired) electrons. The molecular formula is C19H21NO3. The number of rotatable bonds is 5. The molecule has 1 unspecified atom stereocenters. The van der Waals surface area contributed by atoms with Crippen LogP contribution >= 0.6 is 0 Å². The van der Waals surface area contributed by atoms with Crippen LogP contribution < -0.4 is 4.74 Å². The molecule has 1 amide bonds. The molecule has 1 aromatic heterocycles. The normalized spacial score (nSPS) is 17.8. The maximum absolute atomic E-state index is 12.5. The number of ether oxygens (including phenoxy) is 1. The van der Waals surface area contributed by atoms with E-state index in [4.69, 9.17) is 9.15 Å². The molecule has 1 atom stereocenters. The van der Waals surface area contributed by atoms with Crippen molar-refractivity contribution >= 4 is 12.0 Å². The standard InChI is InChI=1S/C19H21NO3/c1-22-18-9-3-2-6-15(18)14-16-7-4-12-20(16)19(21)11-10-17-8-5-13-23-17/h2-3,5-6,8-11,13,16H,4,7,12,14H2,1H3. The molecule has 2 heterocycles. The molecule has 0 N–H and O–H groups in total. The first kappa shape index (κ1) is 15.4. The molecule has 0 saturated carbocycles. The highest BCUT2D eigenvalue weighted by molar-refractivity contribution is 5.91. The average Bonchev–Trinajstić information content (AvgIpc) is 3.25. The predicted molar refractivity (Wildman–Crippen MR) is 89.2 cm³/mol. The Labute approximate surface area is 136 Å². The minimum Gasteiger partial charge on any atom is -0.496 e. The first-order valence-corrected chi connectivity index (χ1v) is 7.92. The summed E-state index contributed by atoms with van der Waals surface area (Å²) in [5.74, 6) is 1.62. The summed E-state index contributed by atoms with van der Waals surface area (Å²) in [7, 11) is 1.68. The van der Waals surface area contributed by atoms with E-state index in [2.05, 4.69) is 6.07 Å². The van der Waals surface area contributed by atoms with E-state index >= 15 is 0 Å². The van der Waals surface area contributed by atoms with Crippen LogP contribution in [0.3, 0.4) is 0 Å². The Morgan fingerprint density at radius 1 is 1.35 bits per heavy atom. The van der Waals surface area contributed by atoms with Gasteiger partial charge in [0.2, 0.25) is 5.91 Å². The summed E-state index contributed by atoms with van der Waals surface area (Å²) >= 11 is 0. The zero-order valence-electron chi connectivity index (χ0n) is 13.3. The largest absolute Gasteiger partial charge is 0.496 e. The Hall–Kier alpha value is -2.49. The van der Waals surface area contributed by atoms with Crippen LogP contribution in [0.15, 0.2) is 53.2 Å². The van der Waals surface area contributed by atoms with Gasteiger partial charge in [-0.15, -0.1) is 0 Å². The van der Waals surface area contributed by atoms with Crippen LogP contribution in [0.25, 0.3) is 6.08 Å². The average molecular weight is 311 g/mol. The van der Waals surface area contributed by atoms with Gasteiger partial charge in [0.25, 0.3) is 0 Å². The number of amides is 1. The Balaban J connectivity index is 1.69. The second-order valence-corrected chi connectivity index (χ2v) is 5.69. The highest BCUT2D eigenvalue weighted by Gasteiger charge is 2.28. The quantitative estimate of drug-likeness (QED) is 0.793. The van der Waals surface area contributed by atoms with Crippen LogP contribution in [0.5, 0.6) is 5.75 Å². The SMILES string of the molecule is COc1ccccc1CC1CCCN1C(=O)C=Cc1ccco1. The Kier molecular flexibility index (Phi) is 4.81. The lowest BCUT2D eigenvalue weighted by Gasteiger charge is -2.24. The smallest absolute Gasteiger partial charge is 0.246 e. The third-order valence-corrected chi connectivity index (χ3v) is 4.24. The predicted octanol–water partition coefficient (Wildman–Crippen LogP) is 3.54. The number of nitrogens with zero attached hydrogens (tertiary/aromatic N) is 1. The fourth-order valence-corrected chi connectivity index (χ4v) is 3.10. The van der Waals surface area contributed by atoms with Crippen LogP contribution in [0.2, 0.25) is 0 Å². The third kappa shape index (κ3) is 3.65. The summed E-state index contributed by atoms with van der Waals surface area (Å²) in [6.45, 7) is 0.807. The van der Waals surface area contributed by atoms with Gasteiger partial charge in [0.15, 0.2) is 0 Å². The number of carbonyl (C=O) groups is 1. The molecule has 1 aromatic carbocycles. The summed E-state index contributed by atoms with van der Waals surface area (Å²) in [5, 5.41) is 0. The van der Waals surface area contributed by atoms with E-state index in [1.165, 1.54) is 0 Å². The molecule has 4 nitrogen and oxygen atoms in total. The van der Waals surface area contributed by atoms with Crippen LogP contribution in [0, 0.1) is 0 Å². The highest BCUT2D eigenvalue weighted by atomic mass is 16.5. The van der Waals surface area contributed by atoms with Crippen molar-refractivity contribution in [3.05, 3.63) is 60.1 Å². The number of methoxy groups -OCH3 is 1. The van der Waals surface area contributed by atoms with Gasteiger partial charge in [-0.25, -0.2) is 0 Å². The second kappa shape index (κ2) is 7.18. The van der Waals surface area contributed by atoms with E-state index in [0.717, 1.165) is 37.1 Å². The van der Waals surface area contributed by atoms with Gasteiger partial charge in [0, 0.05) is 18.7 Å². The highest BCUT2D eigenvalue weighted by Crippen LogP contribution is 2.26. The monoisotopic (exact) mass is 311 g/mol. The molecule has 23 heavy (non-hydrogen) atoms. The van der Waals surface area contributed by atoms with Gasteiger partial charge in [-0.2, -0.15) is 0 Å². The number of likely N-dealkylation sites (tertiary alicyclic amines) is 1. The first-order valence-electron chi connectivity index (χ1n) is 7.92. The van der Waals surface area contributed by atoms with Crippen molar-refractivity contribution in [2.45, 2.75) is 25.3 Å². The van der Waals surface area contributed by atoms with Crippen LogP contribution in [-0.4, -0.2) is 30.5 Å². The summed E-state index contributed by atoms with van der Waals surface area (Å²) in [6, 6.07) is 11.9. The summed E-state index contributed by atoms with van der Waals surface area (Å²) in [6.07, 6.45) is 7.81. The number of hydrogen-bond donors (Lipinski definition) is 0. The Morgan fingerprint density at radius 3 is 3.00 bits per heavy atom. The number of para-hydroxylation sites is 1. The topological polar surface area (TPSA) is 42.7 Å². The van der Waals surface area contributed by atoms with E-state index in [1.54, 1.807) is 25.5 Å². The maximum atomic E-state index is 12.5. The van der Waals surface area contributed by atoms with Crippen molar-refractivity contribution in [3.8, 4) is 5.75 Å². The van der Waals surface area contributed by atoms with Crippen molar-refractivity contribution in [1.82, 2.24) is 4.90 Å². The molecule has 1 fully saturated rings. The summed E-state index contributed by atoms with van der Waals surface area (Å²) < 4.78 is 10.6. The van der Waals surface area contributed by atoms with Gasteiger partial charge in [-0.3, -0.25) is 4.79 Å². The van der Waals surface area contributed by atoms with Crippen LogP contribution in [-0.2, 0) is 11.2 Å². The molecular weight excluding hydrogens is 290 g/mol. The molecule has 3 rings (SSSR count). The van der Waals surface area contributed by atoms with E-state index < -0.39 is 0 Å². The fourth-order valence-electron chi connectivity index (χ4n) is 3.10. The molecule has 120 valence electrons. The lowest BCUT2D eigenvalue weighted by atomic mass is 10.0. The molecule has 2 aromatic rings. The second-order valence-electron chi connectivity index (χ2n) is 5.69. The Morgan fingerprint density at radius 2 is 2.22 bits per heavy atom. The van der Waals surface area contributed by atoms with Gasteiger partial charge in [0.05, 0.1) is 13.4 Å². The lowest BCUT2D eigenvalue weighted by Crippen LogP contribution is -2.35. The van der Waals surface area contributed by atoms with Gasteiger partial charge < -0.3 is 14.1 Å². The van der Waals surface area contributed by atoms with E-state index in [-0.39, 0.29) is 11.9 Å². The van der Waals surface area contributed by atoms with Crippen LogP contribution in [0.1, 0.15) is 24.2 Å². The maximum Gasteiger partial charge on any atom is 0.246 e. The van der Waals surface area contributed by atoms with Gasteiger partial charge in [-0.05, 0) is 49.1 Å². The first-order chi connectivity index (χ1) is 11.3. The molecule has 1 aliphatic rings. The van der Waals surface area contributed by atoms with Crippen molar-refractivity contribution in [2.75, 3.05) is 13.7 Å². The molecule has 1 saturated heterocycles. The summed E-state index contributed by atoms with van der Waals surface area (Å²) in [5.41, 5.74) is 1.15. The minimum absolute atomic E-state index is 0.0406. The number of benzene rings is 1. The third-order valence-electron chi connectivity index (χ3n) is 4.24. The van der Waals surface area contributed by atoms with Gasteiger partial charge in [0.1, 0.15) is 11.5 Å². The fraction of sp³-hybridized carbons (Fsp3) is 0.316. The lowest BCUT2D eigenvalue weighted by molar-refractivity contribution is -0.126. The van der Waals surface area contributed by atoms with Crippen molar-refractivity contribution in [3.63, 3.8) is 0 Å². The van der Waals surface area contributed by atoms with Crippen molar-refractivity contribution in [1.29, 1.82) is 0 Å². The Bertz CT molecular complexity index is 676. The number of hydrogen-bond acceptors (Lipinski definition) is 3. The number of carbonyl (C=O) groups excluding carboxylic acids is 1. The van der Waals surface area contributed by atoms with Crippen molar-refractivity contribution in [2.24, 2.45) is 0 Å². The summed E-state index contributed by atoms with van der Waals surface area (Å²) in [4.78, 5) is 14.4.